The third-order valence-corrected chi connectivity index (χ3v) is 4.23. The lowest BCUT2D eigenvalue weighted by molar-refractivity contribution is 0.0696. The van der Waals surface area contributed by atoms with Crippen LogP contribution in [0.5, 0.6) is 0 Å². The summed E-state index contributed by atoms with van der Waals surface area (Å²) in [5.41, 5.74) is -0.0543. The van der Waals surface area contributed by atoms with E-state index < -0.39 is 17.2 Å². The molecule has 0 fully saturated rings. The fourth-order valence-electron chi connectivity index (χ4n) is 2.77. The van der Waals surface area contributed by atoms with Crippen molar-refractivity contribution in [1.82, 2.24) is 9.13 Å². The van der Waals surface area contributed by atoms with E-state index in [1.54, 1.807) is 25.1 Å². The third-order valence-electron chi connectivity index (χ3n) is 4.00. The van der Waals surface area contributed by atoms with Crippen molar-refractivity contribution >= 4 is 28.5 Å². The van der Waals surface area contributed by atoms with Crippen LogP contribution in [0.25, 0.3) is 16.6 Å². The van der Waals surface area contributed by atoms with Crippen molar-refractivity contribution in [3.63, 3.8) is 0 Å². The molecule has 0 saturated heterocycles. The Morgan fingerprint density at radius 2 is 1.88 bits per heavy atom. The molecule has 3 rings (SSSR count). The van der Waals surface area contributed by atoms with Gasteiger partial charge in [-0.05, 0) is 42.8 Å². The van der Waals surface area contributed by atoms with E-state index in [9.17, 15) is 19.5 Å². The molecule has 0 saturated carbocycles. The summed E-state index contributed by atoms with van der Waals surface area (Å²) in [6.45, 7) is 1.56. The zero-order valence-corrected chi connectivity index (χ0v) is 13.7. The molecule has 0 spiro atoms. The minimum Gasteiger partial charge on any atom is -0.478 e. The molecule has 6 nitrogen and oxygen atoms in total. The highest BCUT2D eigenvalue weighted by molar-refractivity contribution is 6.30. The van der Waals surface area contributed by atoms with Crippen LogP contribution in [0, 0.1) is 6.92 Å². The van der Waals surface area contributed by atoms with Gasteiger partial charge in [-0.25, -0.2) is 14.2 Å². The maximum atomic E-state index is 12.9. The van der Waals surface area contributed by atoms with Crippen LogP contribution >= 0.6 is 11.6 Å². The summed E-state index contributed by atoms with van der Waals surface area (Å²) in [5, 5.41) is 9.85. The lowest BCUT2D eigenvalue weighted by atomic mass is 10.0. The summed E-state index contributed by atoms with van der Waals surface area (Å²) in [6, 6.07) is 9.23. The fourth-order valence-corrected chi connectivity index (χ4v) is 2.96. The molecule has 0 bridgehead atoms. The standard InChI is InChI=1S/C17H13ClN2O4/c1-9-12(16(22)23)6-7-13-14(9)15(21)20(17(24)19(13)2)11-5-3-4-10(18)8-11/h3-8H,1-2H3,(H,22,23). The van der Waals surface area contributed by atoms with E-state index in [4.69, 9.17) is 11.6 Å². The maximum Gasteiger partial charge on any atom is 0.335 e. The molecule has 2 aromatic carbocycles. The SMILES string of the molecule is Cc1c(C(=O)O)ccc2c1c(=O)n(-c1cccc(Cl)c1)c(=O)n2C. The van der Waals surface area contributed by atoms with Crippen LogP contribution < -0.4 is 11.2 Å². The number of hydrogen-bond donors (Lipinski definition) is 1. The zero-order chi connectivity index (χ0) is 17.6. The maximum absolute atomic E-state index is 12.9. The molecule has 0 aliphatic heterocycles. The number of benzene rings is 2. The van der Waals surface area contributed by atoms with Crippen molar-refractivity contribution in [2.45, 2.75) is 6.92 Å². The van der Waals surface area contributed by atoms with E-state index >= 15 is 0 Å². The lowest BCUT2D eigenvalue weighted by Gasteiger charge is -2.13. The predicted molar refractivity (Wildman–Crippen MR) is 91.5 cm³/mol. The highest BCUT2D eigenvalue weighted by Crippen LogP contribution is 2.19. The van der Waals surface area contributed by atoms with E-state index in [1.165, 1.54) is 29.8 Å². The van der Waals surface area contributed by atoms with E-state index in [2.05, 4.69) is 0 Å². The first-order valence-electron chi connectivity index (χ1n) is 7.07. The van der Waals surface area contributed by atoms with Crippen molar-refractivity contribution in [3.8, 4) is 5.69 Å². The number of carboxylic acids is 1. The van der Waals surface area contributed by atoms with Crippen molar-refractivity contribution < 1.29 is 9.90 Å². The van der Waals surface area contributed by atoms with Gasteiger partial charge < -0.3 is 5.11 Å². The molecule has 0 atom stereocenters. The molecular formula is C17H13ClN2O4. The summed E-state index contributed by atoms with van der Waals surface area (Å²) in [4.78, 5) is 36.9. The second kappa shape index (κ2) is 5.65. The van der Waals surface area contributed by atoms with E-state index in [-0.39, 0.29) is 10.9 Å². The molecular weight excluding hydrogens is 332 g/mol. The van der Waals surface area contributed by atoms with Gasteiger partial charge in [-0.3, -0.25) is 9.36 Å². The van der Waals surface area contributed by atoms with Crippen LogP contribution in [0.15, 0.2) is 46.0 Å². The van der Waals surface area contributed by atoms with E-state index in [1.807, 2.05) is 0 Å². The quantitative estimate of drug-likeness (QED) is 0.773. The fraction of sp³-hybridized carbons (Fsp3) is 0.118. The van der Waals surface area contributed by atoms with E-state index in [0.717, 1.165) is 4.57 Å². The van der Waals surface area contributed by atoms with Gasteiger partial charge in [-0.15, -0.1) is 0 Å². The Balaban J connectivity index is 2.53. The highest BCUT2D eigenvalue weighted by Gasteiger charge is 2.18. The minimum absolute atomic E-state index is 0.0240. The Hall–Kier alpha value is -2.86. The Morgan fingerprint density at radius 3 is 2.50 bits per heavy atom. The summed E-state index contributed by atoms with van der Waals surface area (Å²) < 4.78 is 2.31. The average molecular weight is 345 g/mol. The first-order valence-corrected chi connectivity index (χ1v) is 7.45. The second-order valence-corrected chi connectivity index (χ2v) is 5.84. The van der Waals surface area contributed by atoms with Crippen molar-refractivity contribution in [1.29, 1.82) is 0 Å². The number of carboxylic acid groups (broad SMARTS) is 1. The van der Waals surface area contributed by atoms with Gasteiger partial charge in [-0.2, -0.15) is 0 Å². The van der Waals surface area contributed by atoms with Crippen molar-refractivity contribution in [3.05, 3.63) is 73.4 Å². The van der Waals surface area contributed by atoms with Gasteiger partial charge >= 0.3 is 11.7 Å². The van der Waals surface area contributed by atoms with Crippen LogP contribution in [0.4, 0.5) is 0 Å². The predicted octanol–water partition coefficient (Wildman–Crippen LogP) is 2.35. The number of fused-ring (bicyclic) bond motifs is 1. The molecule has 1 N–H and O–H groups in total. The molecule has 122 valence electrons. The van der Waals surface area contributed by atoms with Crippen LogP contribution in [-0.2, 0) is 7.05 Å². The first kappa shape index (κ1) is 16.0. The molecule has 3 aromatic rings. The molecule has 0 aliphatic carbocycles. The molecule has 1 heterocycles. The van der Waals surface area contributed by atoms with Gasteiger partial charge in [0.15, 0.2) is 0 Å². The molecule has 0 aliphatic rings. The Morgan fingerprint density at radius 1 is 1.17 bits per heavy atom. The summed E-state index contributed by atoms with van der Waals surface area (Å²) in [7, 11) is 1.53. The number of aryl methyl sites for hydroxylation is 2. The normalized spacial score (nSPS) is 11.0. The number of nitrogens with zero attached hydrogens (tertiary/aromatic N) is 2. The van der Waals surface area contributed by atoms with Crippen molar-refractivity contribution in [2.24, 2.45) is 7.05 Å². The topological polar surface area (TPSA) is 81.3 Å². The van der Waals surface area contributed by atoms with Gasteiger partial charge in [-0.1, -0.05) is 17.7 Å². The summed E-state index contributed by atoms with van der Waals surface area (Å²) in [6.07, 6.45) is 0. The highest BCUT2D eigenvalue weighted by atomic mass is 35.5. The molecule has 7 heteroatoms. The average Bonchev–Trinajstić information content (AvgIpc) is 2.52. The molecule has 24 heavy (non-hydrogen) atoms. The first-order chi connectivity index (χ1) is 11.3. The number of aromatic nitrogens is 2. The second-order valence-electron chi connectivity index (χ2n) is 5.40. The van der Waals surface area contributed by atoms with Crippen molar-refractivity contribution in [2.75, 3.05) is 0 Å². The Labute approximate surface area is 141 Å². The summed E-state index contributed by atoms with van der Waals surface area (Å²) in [5.74, 6) is -1.13. The van der Waals surface area contributed by atoms with Gasteiger partial charge in [0.1, 0.15) is 0 Å². The summed E-state index contributed by atoms with van der Waals surface area (Å²) >= 11 is 5.95. The monoisotopic (exact) mass is 344 g/mol. The van der Waals surface area contributed by atoms with Gasteiger partial charge in [0, 0.05) is 12.1 Å². The van der Waals surface area contributed by atoms with E-state index in [0.29, 0.717) is 21.8 Å². The van der Waals surface area contributed by atoms with Crippen LogP contribution in [0.2, 0.25) is 5.02 Å². The Bertz CT molecular complexity index is 1110. The zero-order valence-electron chi connectivity index (χ0n) is 12.9. The Kier molecular flexibility index (Phi) is 3.77. The third kappa shape index (κ3) is 2.32. The molecule has 0 amide bonds. The van der Waals surface area contributed by atoms with Gasteiger partial charge in [0.2, 0.25) is 0 Å². The van der Waals surface area contributed by atoms with Gasteiger partial charge in [0.25, 0.3) is 5.56 Å². The number of rotatable bonds is 2. The lowest BCUT2D eigenvalue weighted by Crippen LogP contribution is -2.38. The largest absolute Gasteiger partial charge is 0.478 e. The van der Waals surface area contributed by atoms with Gasteiger partial charge in [0.05, 0.1) is 22.2 Å². The molecule has 1 aromatic heterocycles. The molecule has 0 radical (unpaired) electrons. The molecule has 0 unspecified atom stereocenters. The smallest absolute Gasteiger partial charge is 0.335 e. The number of carbonyl (C=O) groups is 1. The number of aromatic carboxylic acids is 1. The van der Waals surface area contributed by atoms with Crippen LogP contribution in [0.1, 0.15) is 15.9 Å². The van der Waals surface area contributed by atoms with Crippen LogP contribution in [-0.4, -0.2) is 20.2 Å². The minimum atomic E-state index is -1.13. The van der Waals surface area contributed by atoms with Crippen LogP contribution in [0.3, 0.4) is 0 Å². The number of halogens is 1. The number of hydrogen-bond acceptors (Lipinski definition) is 3.